The van der Waals surface area contributed by atoms with Gasteiger partial charge in [-0.1, -0.05) is 60.1 Å². The van der Waals surface area contributed by atoms with Crippen molar-refractivity contribution in [1.29, 1.82) is 0 Å². The molecule has 0 aromatic heterocycles. The van der Waals surface area contributed by atoms with Crippen LogP contribution < -0.4 is 0 Å². The standard InChI is InChI=1S/C25H25ClN2O4/c26-20-9-7-19(8-10-20)23-22(21(29)11-6-18-4-2-1-3-5-18)24(30)25(31)28(23)13-12-27-14-16-32-17-15-27/h1-11,23,30H,12-17H2. The maximum Gasteiger partial charge on any atom is 0.290 e. The molecule has 2 aliphatic rings. The summed E-state index contributed by atoms with van der Waals surface area (Å²) in [4.78, 5) is 29.9. The summed E-state index contributed by atoms with van der Waals surface area (Å²) >= 11 is 6.05. The van der Waals surface area contributed by atoms with Gasteiger partial charge in [0.25, 0.3) is 5.91 Å². The van der Waals surface area contributed by atoms with Crippen LogP contribution in [0.3, 0.4) is 0 Å². The van der Waals surface area contributed by atoms with Crippen molar-refractivity contribution >= 4 is 29.4 Å². The number of rotatable bonds is 7. The highest BCUT2D eigenvalue weighted by Gasteiger charge is 2.42. The maximum absolute atomic E-state index is 13.1. The van der Waals surface area contributed by atoms with E-state index in [1.54, 1.807) is 35.2 Å². The summed E-state index contributed by atoms with van der Waals surface area (Å²) < 4.78 is 5.39. The predicted octanol–water partition coefficient (Wildman–Crippen LogP) is 3.65. The lowest BCUT2D eigenvalue weighted by Crippen LogP contribution is -2.43. The number of halogens is 1. The van der Waals surface area contributed by atoms with E-state index in [0.717, 1.165) is 24.2 Å². The van der Waals surface area contributed by atoms with Crippen LogP contribution in [0.2, 0.25) is 5.02 Å². The molecule has 1 atom stereocenters. The monoisotopic (exact) mass is 452 g/mol. The zero-order valence-corrected chi connectivity index (χ0v) is 18.4. The van der Waals surface area contributed by atoms with E-state index in [1.807, 2.05) is 30.3 Å². The molecule has 2 aromatic carbocycles. The van der Waals surface area contributed by atoms with Gasteiger partial charge in [0.1, 0.15) is 0 Å². The van der Waals surface area contributed by atoms with Gasteiger partial charge in [-0.2, -0.15) is 0 Å². The average Bonchev–Trinajstić information content (AvgIpc) is 3.08. The summed E-state index contributed by atoms with van der Waals surface area (Å²) in [5, 5.41) is 11.3. The van der Waals surface area contributed by atoms with Crippen LogP contribution in [0.1, 0.15) is 17.2 Å². The molecular formula is C25H25ClN2O4. The minimum Gasteiger partial charge on any atom is -0.503 e. The largest absolute Gasteiger partial charge is 0.503 e. The minimum absolute atomic E-state index is 0.0893. The Morgan fingerprint density at radius 1 is 1.06 bits per heavy atom. The fourth-order valence-electron chi connectivity index (χ4n) is 4.03. The SMILES string of the molecule is O=C(C=Cc1ccccc1)C1=C(O)C(=O)N(CCN2CCOCC2)C1c1ccc(Cl)cc1. The molecule has 7 heteroatoms. The van der Waals surface area contributed by atoms with Gasteiger partial charge in [-0.15, -0.1) is 0 Å². The lowest BCUT2D eigenvalue weighted by atomic mass is 9.95. The van der Waals surface area contributed by atoms with Gasteiger partial charge in [0.2, 0.25) is 0 Å². The Balaban J connectivity index is 1.61. The summed E-state index contributed by atoms with van der Waals surface area (Å²) in [6.45, 7) is 3.92. The molecule has 4 rings (SSSR count). The number of hydrogen-bond acceptors (Lipinski definition) is 5. The molecule has 0 saturated carbocycles. The number of aliphatic hydroxyl groups excluding tert-OH is 1. The first-order chi connectivity index (χ1) is 15.5. The smallest absolute Gasteiger partial charge is 0.290 e. The van der Waals surface area contributed by atoms with E-state index in [1.165, 1.54) is 6.08 Å². The van der Waals surface area contributed by atoms with Gasteiger partial charge in [-0.05, 0) is 29.3 Å². The number of hydrogen-bond donors (Lipinski definition) is 1. The van der Waals surface area contributed by atoms with E-state index in [9.17, 15) is 14.7 Å². The van der Waals surface area contributed by atoms with E-state index in [0.29, 0.717) is 31.3 Å². The zero-order chi connectivity index (χ0) is 22.5. The topological polar surface area (TPSA) is 70.1 Å². The van der Waals surface area contributed by atoms with E-state index in [4.69, 9.17) is 16.3 Å². The van der Waals surface area contributed by atoms with Crippen LogP contribution in [-0.4, -0.2) is 66.0 Å². The number of ketones is 1. The number of morpholine rings is 1. The van der Waals surface area contributed by atoms with E-state index in [2.05, 4.69) is 4.90 Å². The molecule has 1 fully saturated rings. The van der Waals surface area contributed by atoms with Crippen molar-refractivity contribution in [3.63, 3.8) is 0 Å². The average molecular weight is 453 g/mol. The van der Waals surface area contributed by atoms with Gasteiger partial charge in [-0.25, -0.2) is 0 Å². The lowest BCUT2D eigenvalue weighted by molar-refractivity contribution is -0.129. The summed E-state index contributed by atoms with van der Waals surface area (Å²) in [6, 6.07) is 15.8. The lowest BCUT2D eigenvalue weighted by Gasteiger charge is -2.31. The summed E-state index contributed by atoms with van der Waals surface area (Å²) in [7, 11) is 0. The number of nitrogens with zero attached hydrogens (tertiary/aromatic N) is 2. The molecule has 2 aliphatic heterocycles. The van der Waals surface area contributed by atoms with Crippen LogP contribution in [0.25, 0.3) is 6.08 Å². The molecule has 1 saturated heterocycles. The van der Waals surface area contributed by atoms with Crippen molar-refractivity contribution in [2.45, 2.75) is 6.04 Å². The zero-order valence-electron chi connectivity index (χ0n) is 17.6. The van der Waals surface area contributed by atoms with Gasteiger partial charge < -0.3 is 14.7 Å². The summed E-state index contributed by atoms with van der Waals surface area (Å²) in [6.07, 6.45) is 3.09. The van der Waals surface area contributed by atoms with Crippen LogP contribution in [0.5, 0.6) is 0 Å². The Bertz CT molecular complexity index is 1030. The third-order valence-electron chi connectivity index (χ3n) is 5.74. The number of allylic oxidation sites excluding steroid dienone is 1. The van der Waals surface area contributed by atoms with Crippen LogP contribution in [0.4, 0.5) is 0 Å². The fraction of sp³-hybridized carbons (Fsp3) is 0.280. The van der Waals surface area contributed by atoms with Crippen LogP contribution in [0.15, 0.2) is 72.0 Å². The number of benzene rings is 2. The van der Waals surface area contributed by atoms with Crippen LogP contribution in [0, 0.1) is 0 Å². The molecule has 0 bridgehead atoms. The normalized spacial score (nSPS) is 19.8. The van der Waals surface area contributed by atoms with Gasteiger partial charge in [0.15, 0.2) is 11.5 Å². The summed E-state index contributed by atoms with van der Waals surface area (Å²) in [5.74, 6) is -1.42. The van der Waals surface area contributed by atoms with Crippen molar-refractivity contribution in [3.8, 4) is 0 Å². The molecule has 1 N–H and O–H groups in total. The second kappa shape index (κ2) is 10.1. The van der Waals surface area contributed by atoms with E-state index in [-0.39, 0.29) is 5.57 Å². The second-order valence-corrected chi connectivity index (χ2v) is 8.21. The number of amides is 1. The Hall–Kier alpha value is -2.93. The van der Waals surface area contributed by atoms with E-state index < -0.39 is 23.5 Å². The molecule has 6 nitrogen and oxygen atoms in total. The van der Waals surface area contributed by atoms with Crippen LogP contribution >= 0.6 is 11.6 Å². The molecule has 1 unspecified atom stereocenters. The second-order valence-electron chi connectivity index (χ2n) is 7.78. The van der Waals surface area contributed by atoms with Crippen LogP contribution in [-0.2, 0) is 14.3 Å². The highest BCUT2D eigenvalue weighted by molar-refractivity contribution is 6.30. The fourth-order valence-corrected chi connectivity index (χ4v) is 4.15. The Kier molecular flexibility index (Phi) is 7.05. The quantitative estimate of drug-likeness (QED) is 0.649. The number of ether oxygens (including phenoxy) is 1. The van der Waals surface area contributed by atoms with Gasteiger partial charge in [0.05, 0.1) is 24.8 Å². The first kappa shape index (κ1) is 22.3. The third-order valence-corrected chi connectivity index (χ3v) is 5.99. The summed E-state index contributed by atoms with van der Waals surface area (Å²) in [5.41, 5.74) is 1.68. The molecular weight excluding hydrogens is 428 g/mol. The third kappa shape index (κ3) is 4.93. The van der Waals surface area contributed by atoms with Crippen molar-refractivity contribution in [2.24, 2.45) is 0 Å². The highest BCUT2D eigenvalue weighted by Crippen LogP contribution is 2.38. The number of carbonyl (C=O) groups is 2. The highest BCUT2D eigenvalue weighted by atomic mass is 35.5. The number of carbonyl (C=O) groups excluding carboxylic acids is 2. The number of aliphatic hydroxyl groups is 1. The Labute approximate surface area is 192 Å². The first-order valence-electron chi connectivity index (χ1n) is 10.6. The molecule has 1 amide bonds. The Morgan fingerprint density at radius 3 is 2.44 bits per heavy atom. The van der Waals surface area contributed by atoms with Gasteiger partial charge >= 0.3 is 0 Å². The molecule has 0 radical (unpaired) electrons. The maximum atomic E-state index is 13.1. The predicted molar refractivity (Wildman–Crippen MR) is 123 cm³/mol. The van der Waals surface area contributed by atoms with Crippen molar-refractivity contribution in [3.05, 3.63) is 88.2 Å². The van der Waals surface area contributed by atoms with E-state index >= 15 is 0 Å². The molecule has 2 heterocycles. The molecule has 166 valence electrons. The molecule has 0 aliphatic carbocycles. The molecule has 0 spiro atoms. The van der Waals surface area contributed by atoms with Crippen molar-refractivity contribution in [2.75, 3.05) is 39.4 Å². The first-order valence-corrected chi connectivity index (χ1v) is 11.0. The molecule has 2 aromatic rings. The van der Waals surface area contributed by atoms with Crippen molar-refractivity contribution < 1.29 is 19.4 Å². The van der Waals surface area contributed by atoms with Crippen molar-refractivity contribution in [1.82, 2.24) is 9.80 Å². The van der Waals surface area contributed by atoms with Gasteiger partial charge in [0, 0.05) is 31.2 Å². The van der Waals surface area contributed by atoms with Gasteiger partial charge in [-0.3, -0.25) is 14.5 Å². The Morgan fingerprint density at radius 2 is 1.75 bits per heavy atom. The minimum atomic E-state index is -0.672. The molecule has 32 heavy (non-hydrogen) atoms.